The van der Waals surface area contributed by atoms with Gasteiger partial charge in [0.25, 0.3) is 0 Å². The highest BCUT2D eigenvalue weighted by molar-refractivity contribution is 6.36. The maximum atomic E-state index is 5.58. The summed E-state index contributed by atoms with van der Waals surface area (Å²) in [5, 5.41) is 0. The minimum atomic E-state index is -1.80. The van der Waals surface area contributed by atoms with Gasteiger partial charge in [0.2, 0.25) is 0 Å². The van der Waals surface area contributed by atoms with Gasteiger partial charge in [0, 0.05) is 19.8 Å². The lowest BCUT2D eigenvalue weighted by Gasteiger charge is -2.15. The molecular formula is C10H24O3Si. The summed E-state index contributed by atoms with van der Waals surface area (Å²) >= 11 is 0. The molecular weight excluding hydrogens is 196 g/mol. The Balaban J connectivity index is 3.49. The summed E-state index contributed by atoms with van der Waals surface area (Å²) in [5.41, 5.74) is 0. The summed E-state index contributed by atoms with van der Waals surface area (Å²) in [6, 6.07) is 0. The van der Waals surface area contributed by atoms with Gasteiger partial charge < -0.3 is 13.3 Å². The Morgan fingerprint density at radius 2 is 1.21 bits per heavy atom. The van der Waals surface area contributed by atoms with E-state index in [0.717, 1.165) is 45.5 Å². The topological polar surface area (TPSA) is 27.7 Å². The van der Waals surface area contributed by atoms with Crippen molar-refractivity contribution in [3.63, 3.8) is 0 Å². The third-order valence-corrected chi connectivity index (χ3v) is 3.19. The quantitative estimate of drug-likeness (QED) is 0.418. The average Bonchev–Trinajstić information content (AvgIpc) is 2.21. The van der Waals surface area contributed by atoms with Crippen LogP contribution < -0.4 is 0 Å². The van der Waals surface area contributed by atoms with Crippen LogP contribution in [0.4, 0.5) is 0 Å². The summed E-state index contributed by atoms with van der Waals surface area (Å²) in [5.74, 6) is 0. The molecule has 0 N–H and O–H groups in total. The molecule has 86 valence electrons. The van der Waals surface area contributed by atoms with Crippen molar-refractivity contribution in [2.75, 3.05) is 19.8 Å². The fourth-order valence-electron chi connectivity index (χ4n) is 0.896. The summed E-state index contributed by atoms with van der Waals surface area (Å²) in [4.78, 5) is 0. The van der Waals surface area contributed by atoms with E-state index in [9.17, 15) is 0 Å². The van der Waals surface area contributed by atoms with E-state index < -0.39 is 9.53 Å². The van der Waals surface area contributed by atoms with Crippen LogP contribution in [-0.4, -0.2) is 29.3 Å². The number of unbranched alkanes of at least 4 members (excludes halogenated alkanes) is 1. The van der Waals surface area contributed by atoms with Crippen LogP contribution in [0.15, 0.2) is 0 Å². The Kier molecular flexibility index (Phi) is 11.3. The first-order valence-corrected chi connectivity index (χ1v) is 7.11. The van der Waals surface area contributed by atoms with Gasteiger partial charge in [-0.3, -0.25) is 0 Å². The smallest absolute Gasteiger partial charge is 0.376 e. The highest BCUT2D eigenvalue weighted by Gasteiger charge is 2.13. The lowest BCUT2D eigenvalue weighted by molar-refractivity contribution is 0.0922. The van der Waals surface area contributed by atoms with E-state index in [1.54, 1.807) is 0 Å². The molecule has 0 atom stereocenters. The van der Waals surface area contributed by atoms with E-state index in [2.05, 4.69) is 20.8 Å². The first-order valence-electron chi connectivity index (χ1n) is 5.69. The first-order chi connectivity index (χ1) is 6.85. The average molecular weight is 220 g/mol. The molecule has 0 bridgehead atoms. The highest BCUT2D eigenvalue weighted by Crippen LogP contribution is 1.98. The van der Waals surface area contributed by atoms with Crippen molar-refractivity contribution in [2.45, 2.75) is 46.5 Å². The van der Waals surface area contributed by atoms with Crippen molar-refractivity contribution in [1.82, 2.24) is 0 Å². The van der Waals surface area contributed by atoms with E-state index in [0.29, 0.717) is 0 Å². The predicted octanol–water partition coefficient (Wildman–Crippen LogP) is 2.37. The molecule has 0 aliphatic heterocycles. The van der Waals surface area contributed by atoms with E-state index in [1.165, 1.54) is 0 Å². The summed E-state index contributed by atoms with van der Waals surface area (Å²) < 4.78 is 16.6. The molecule has 0 rings (SSSR count). The summed E-state index contributed by atoms with van der Waals surface area (Å²) in [6.45, 7) is 8.63. The van der Waals surface area contributed by atoms with Gasteiger partial charge in [-0.05, 0) is 19.3 Å². The number of rotatable bonds is 10. The summed E-state index contributed by atoms with van der Waals surface area (Å²) in [7, 11) is -1.80. The van der Waals surface area contributed by atoms with Gasteiger partial charge in [0.15, 0.2) is 0 Å². The third-order valence-electron chi connectivity index (χ3n) is 1.67. The SMILES string of the molecule is CCCCO[SiH](OCCC)OCCC. The molecule has 0 aromatic carbocycles. The van der Waals surface area contributed by atoms with Crippen molar-refractivity contribution in [2.24, 2.45) is 0 Å². The summed E-state index contributed by atoms with van der Waals surface area (Å²) in [6.07, 6.45) is 4.30. The molecule has 4 heteroatoms. The maximum absolute atomic E-state index is 5.58. The van der Waals surface area contributed by atoms with Gasteiger partial charge in [0.1, 0.15) is 0 Å². The first kappa shape index (κ1) is 14.1. The van der Waals surface area contributed by atoms with E-state index in [-0.39, 0.29) is 0 Å². The molecule has 0 unspecified atom stereocenters. The Hall–Kier alpha value is 0.0969. The Bertz CT molecular complexity index is 104. The normalized spacial score (nSPS) is 11.1. The van der Waals surface area contributed by atoms with Crippen LogP contribution in [-0.2, 0) is 13.3 Å². The monoisotopic (exact) mass is 220 g/mol. The molecule has 0 spiro atoms. The fourth-order valence-corrected chi connectivity index (χ4v) is 2.40. The van der Waals surface area contributed by atoms with Gasteiger partial charge in [-0.2, -0.15) is 0 Å². The molecule has 0 saturated heterocycles. The molecule has 0 aromatic rings. The lowest BCUT2D eigenvalue weighted by atomic mass is 10.4. The van der Waals surface area contributed by atoms with Crippen LogP contribution in [0.3, 0.4) is 0 Å². The molecule has 0 aromatic heterocycles. The van der Waals surface area contributed by atoms with Crippen LogP contribution >= 0.6 is 0 Å². The van der Waals surface area contributed by atoms with Crippen molar-refractivity contribution in [3.05, 3.63) is 0 Å². The van der Waals surface area contributed by atoms with Crippen LogP contribution in [0.1, 0.15) is 46.5 Å². The van der Waals surface area contributed by atoms with Crippen LogP contribution in [0.2, 0.25) is 0 Å². The second kappa shape index (κ2) is 11.2. The second-order valence-electron chi connectivity index (χ2n) is 3.25. The molecule has 0 fully saturated rings. The van der Waals surface area contributed by atoms with Gasteiger partial charge in [0.05, 0.1) is 0 Å². The molecule has 3 nitrogen and oxygen atoms in total. The van der Waals surface area contributed by atoms with Crippen molar-refractivity contribution < 1.29 is 13.3 Å². The second-order valence-corrected chi connectivity index (χ2v) is 4.83. The zero-order valence-electron chi connectivity index (χ0n) is 9.75. The number of hydrogen-bond acceptors (Lipinski definition) is 3. The van der Waals surface area contributed by atoms with Crippen LogP contribution in [0.25, 0.3) is 0 Å². The van der Waals surface area contributed by atoms with E-state index >= 15 is 0 Å². The van der Waals surface area contributed by atoms with Crippen molar-refractivity contribution >= 4 is 9.53 Å². The van der Waals surface area contributed by atoms with E-state index in [1.807, 2.05) is 0 Å². The Labute approximate surface area is 89.7 Å². The zero-order valence-corrected chi connectivity index (χ0v) is 10.9. The molecule has 0 aliphatic carbocycles. The van der Waals surface area contributed by atoms with Gasteiger partial charge >= 0.3 is 9.53 Å². The Morgan fingerprint density at radius 3 is 1.64 bits per heavy atom. The predicted molar refractivity (Wildman–Crippen MR) is 60.5 cm³/mol. The minimum Gasteiger partial charge on any atom is -0.376 e. The van der Waals surface area contributed by atoms with Gasteiger partial charge in [-0.25, -0.2) is 0 Å². The Morgan fingerprint density at radius 1 is 0.714 bits per heavy atom. The van der Waals surface area contributed by atoms with E-state index in [4.69, 9.17) is 13.3 Å². The third kappa shape index (κ3) is 8.68. The molecule has 0 amide bonds. The molecule has 0 saturated carbocycles. The molecule has 0 heterocycles. The standard InChI is InChI=1S/C10H24O3Si/c1-4-7-10-13-14(11-8-5-2)12-9-6-3/h14H,4-10H2,1-3H3. The van der Waals surface area contributed by atoms with Gasteiger partial charge in [-0.1, -0.05) is 27.2 Å². The molecule has 0 radical (unpaired) electrons. The van der Waals surface area contributed by atoms with Crippen molar-refractivity contribution in [3.8, 4) is 0 Å². The van der Waals surface area contributed by atoms with Gasteiger partial charge in [-0.15, -0.1) is 0 Å². The lowest BCUT2D eigenvalue weighted by Crippen LogP contribution is -2.28. The largest absolute Gasteiger partial charge is 0.484 e. The number of hydrogen-bond donors (Lipinski definition) is 0. The van der Waals surface area contributed by atoms with Crippen LogP contribution in [0.5, 0.6) is 0 Å². The zero-order chi connectivity index (χ0) is 10.6. The fraction of sp³-hybridized carbons (Fsp3) is 1.00. The van der Waals surface area contributed by atoms with Crippen LogP contribution in [0, 0.1) is 0 Å². The molecule has 14 heavy (non-hydrogen) atoms. The highest BCUT2D eigenvalue weighted by atomic mass is 28.3. The maximum Gasteiger partial charge on any atom is 0.484 e. The molecule has 0 aliphatic rings. The minimum absolute atomic E-state index is 0.757. The van der Waals surface area contributed by atoms with Crippen molar-refractivity contribution in [1.29, 1.82) is 0 Å².